The molecule has 2 N–H and O–H groups in total. The van der Waals surface area contributed by atoms with Gasteiger partial charge < -0.3 is 15.4 Å². The Hall–Kier alpha value is -1.62. The number of nitrogens with one attached hydrogen (secondary N) is 2. The van der Waals surface area contributed by atoms with Crippen molar-refractivity contribution >= 4 is 5.91 Å². The van der Waals surface area contributed by atoms with Crippen molar-refractivity contribution in [1.29, 1.82) is 0 Å². The van der Waals surface area contributed by atoms with Crippen LogP contribution in [0.2, 0.25) is 0 Å². The fraction of sp³-hybridized carbons (Fsp3) is 0.533. The number of amides is 1. The molecule has 1 aromatic carbocycles. The van der Waals surface area contributed by atoms with Crippen LogP contribution < -0.4 is 15.4 Å². The van der Waals surface area contributed by atoms with Gasteiger partial charge in [0.15, 0.2) is 0 Å². The van der Waals surface area contributed by atoms with E-state index >= 15 is 0 Å². The van der Waals surface area contributed by atoms with E-state index < -0.39 is 5.82 Å². The number of hydrogen-bond acceptors (Lipinski definition) is 3. The first kappa shape index (κ1) is 13.4. The molecule has 3 rings (SSSR count). The first-order valence-electron chi connectivity index (χ1n) is 7.06. The van der Waals surface area contributed by atoms with Crippen LogP contribution in [0.1, 0.15) is 36.0 Å². The zero-order valence-electron chi connectivity index (χ0n) is 11.5. The van der Waals surface area contributed by atoms with E-state index in [0.29, 0.717) is 17.8 Å². The van der Waals surface area contributed by atoms with Crippen LogP contribution in [0.25, 0.3) is 0 Å². The van der Waals surface area contributed by atoms with Crippen LogP contribution in [0, 0.1) is 5.82 Å². The summed E-state index contributed by atoms with van der Waals surface area (Å²) in [5.74, 6) is -0.283. The highest BCUT2D eigenvalue weighted by Gasteiger charge is 2.34. The number of carbonyl (C=O) groups is 1. The van der Waals surface area contributed by atoms with Crippen LogP contribution in [0.15, 0.2) is 18.2 Å². The summed E-state index contributed by atoms with van der Waals surface area (Å²) in [5, 5.41) is 6.54. The Morgan fingerprint density at radius 2 is 2.05 bits per heavy atom. The summed E-state index contributed by atoms with van der Waals surface area (Å²) in [6, 6.07) is 5.18. The lowest BCUT2D eigenvalue weighted by Crippen LogP contribution is -2.48. The number of methoxy groups -OCH3 is 1. The SMILES string of the molecule is COc1ccc(F)cc1C(=O)NC1CC2CCC(C1)N2. The Morgan fingerprint density at radius 1 is 1.35 bits per heavy atom. The Bertz CT molecular complexity index is 509. The van der Waals surface area contributed by atoms with Gasteiger partial charge in [0.2, 0.25) is 0 Å². The molecule has 108 valence electrons. The second-order valence-corrected chi connectivity index (χ2v) is 5.62. The third-order valence-electron chi connectivity index (χ3n) is 4.21. The standard InChI is InChI=1S/C15H19FN2O2/c1-20-14-5-2-9(16)6-13(14)15(19)18-12-7-10-3-4-11(8-12)17-10/h2,5-6,10-12,17H,3-4,7-8H2,1H3,(H,18,19). The number of hydrogen-bond donors (Lipinski definition) is 2. The molecule has 2 unspecified atom stereocenters. The second kappa shape index (κ2) is 5.40. The zero-order valence-corrected chi connectivity index (χ0v) is 11.5. The molecular weight excluding hydrogens is 259 g/mol. The van der Waals surface area contributed by atoms with Gasteiger partial charge in [-0.1, -0.05) is 0 Å². The summed E-state index contributed by atoms with van der Waals surface area (Å²) >= 11 is 0. The van der Waals surface area contributed by atoms with Crippen LogP contribution in [0.4, 0.5) is 4.39 Å². The second-order valence-electron chi connectivity index (χ2n) is 5.62. The average Bonchev–Trinajstić information content (AvgIpc) is 2.78. The number of ether oxygens (including phenoxy) is 1. The molecular formula is C15H19FN2O2. The minimum Gasteiger partial charge on any atom is -0.496 e. The first-order valence-corrected chi connectivity index (χ1v) is 7.06. The number of piperidine rings is 1. The Morgan fingerprint density at radius 3 is 2.70 bits per heavy atom. The highest BCUT2D eigenvalue weighted by Crippen LogP contribution is 2.27. The fourth-order valence-corrected chi connectivity index (χ4v) is 3.30. The van der Waals surface area contributed by atoms with Gasteiger partial charge in [-0.3, -0.25) is 4.79 Å². The maximum Gasteiger partial charge on any atom is 0.255 e. The molecule has 2 atom stereocenters. The molecule has 1 aromatic rings. The van der Waals surface area contributed by atoms with Crippen molar-refractivity contribution in [1.82, 2.24) is 10.6 Å². The van der Waals surface area contributed by atoms with Gasteiger partial charge in [0, 0.05) is 18.1 Å². The quantitative estimate of drug-likeness (QED) is 0.887. The van der Waals surface area contributed by atoms with Crippen molar-refractivity contribution in [2.75, 3.05) is 7.11 Å². The van der Waals surface area contributed by atoms with Crippen molar-refractivity contribution in [3.63, 3.8) is 0 Å². The molecule has 0 saturated carbocycles. The van der Waals surface area contributed by atoms with E-state index in [9.17, 15) is 9.18 Å². The van der Waals surface area contributed by atoms with Gasteiger partial charge in [-0.25, -0.2) is 4.39 Å². The molecule has 2 fully saturated rings. The Kier molecular flexibility index (Phi) is 3.61. The lowest BCUT2D eigenvalue weighted by atomic mass is 9.99. The van der Waals surface area contributed by atoms with Crippen LogP contribution in [0.5, 0.6) is 5.75 Å². The molecule has 2 aliphatic heterocycles. The van der Waals surface area contributed by atoms with E-state index in [1.165, 1.54) is 38.2 Å². The minimum atomic E-state index is -0.429. The van der Waals surface area contributed by atoms with Crippen LogP contribution in [-0.2, 0) is 0 Å². The highest BCUT2D eigenvalue weighted by molar-refractivity contribution is 5.97. The van der Waals surface area contributed by atoms with Gasteiger partial charge in [0.05, 0.1) is 12.7 Å². The summed E-state index contributed by atoms with van der Waals surface area (Å²) in [5.41, 5.74) is 0.262. The van der Waals surface area contributed by atoms with E-state index in [4.69, 9.17) is 4.74 Å². The predicted octanol–water partition coefficient (Wildman–Crippen LogP) is 1.85. The monoisotopic (exact) mass is 278 g/mol. The third kappa shape index (κ3) is 2.63. The highest BCUT2D eigenvalue weighted by atomic mass is 19.1. The molecule has 0 radical (unpaired) electrons. The third-order valence-corrected chi connectivity index (χ3v) is 4.21. The van der Waals surface area contributed by atoms with Gasteiger partial charge in [-0.05, 0) is 43.9 Å². The fourth-order valence-electron chi connectivity index (χ4n) is 3.30. The largest absolute Gasteiger partial charge is 0.496 e. The first-order chi connectivity index (χ1) is 9.65. The minimum absolute atomic E-state index is 0.161. The Balaban J connectivity index is 1.71. The molecule has 20 heavy (non-hydrogen) atoms. The molecule has 2 bridgehead atoms. The molecule has 0 spiro atoms. The van der Waals surface area contributed by atoms with E-state index in [2.05, 4.69) is 10.6 Å². The van der Waals surface area contributed by atoms with E-state index in [1.807, 2.05) is 0 Å². The Labute approximate surface area is 117 Å². The van der Waals surface area contributed by atoms with Crippen LogP contribution >= 0.6 is 0 Å². The van der Waals surface area contributed by atoms with Gasteiger partial charge in [-0.15, -0.1) is 0 Å². The number of carbonyl (C=O) groups excluding carboxylic acids is 1. The maximum absolute atomic E-state index is 13.3. The molecule has 2 saturated heterocycles. The summed E-state index contributed by atoms with van der Waals surface area (Å²) < 4.78 is 18.4. The van der Waals surface area contributed by atoms with Gasteiger partial charge >= 0.3 is 0 Å². The summed E-state index contributed by atoms with van der Waals surface area (Å²) in [6.07, 6.45) is 4.25. The number of benzene rings is 1. The summed E-state index contributed by atoms with van der Waals surface area (Å²) in [6.45, 7) is 0. The molecule has 4 nitrogen and oxygen atoms in total. The number of rotatable bonds is 3. The van der Waals surface area contributed by atoms with Crippen LogP contribution in [-0.4, -0.2) is 31.1 Å². The van der Waals surface area contributed by atoms with Crippen molar-refractivity contribution in [3.8, 4) is 5.75 Å². The van der Waals surface area contributed by atoms with E-state index in [-0.39, 0.29) is 17.5 Å². The molecule has 1 amide bonds. The van der Waals surface area contributed by atoms with Gasteiger partial charge in [0.25, 0.3) is 5.91 Å². The topological polar surface area (TPSA) is 50.4 Å². The number of fused-ring (bicyclic) bond motifs is 2. The molecule has 2 aliphatic rings. The molecule has 0 aliphatic carbocycles. The van der Waals surface area contributed by atoms with Crippen molar-refractivity contribution in [2.24, 2.45) is 0 Å². The van der Waals surface area contributed by atoms with Crippen molar-refractivity contribution in [3.05, 3.63) is 29.6 Å². The summed E-state index contributed by atoms with van der Waals surface area (Å²) in [4.78, 5) is 12.3. The van der Waals surface area contributed by atoms with Gasteiger partial charge in [0.1, 0.15) is 11.6 Å². The lowest BCUT2D eigenvalue weighted by Gasteiger charge is -2.29. The molecule has 0 aromatic heterocycles. The normalized spacial score (nSPS) is 28.2. The molecule has 2 heterocycles. The summed E-state index contributed by atoms with van der Waals surface area (Å²) in [7, 11) is 1.48. The average molecular weight is 278 g/mol. The number of halogens is 1. The molecule has 5 heteroatoms. The van der Waals surface area contributed by atoms with E-state index in [1.54, 1.807) is 0 Å². The lowest BCUT2D eigenvalue weighted by molar-refractivity contribution is 0.0920. The van der Waals surface area contributed by atoms with Crippen molar-refractivity contribution in [2.45, 2.75) is 43.8 Å². The van der Waals surface area contributed by atoms with Crippen molar-refractivity contribution < 1.29 is 13.9 Å². The zero-order chi connectivity index (χ0) is 14.1. The van der Waals surface area contributed by atoms with Crippen LogP contribution in [0.3, 0.4) is 0 Å². The smallest absolute Gasteiger partial charge is 0.255 e. The predicted molar refractivity (Wildman–Crippen MR) is 73.4 cm³/mol. The van der Waals surface area contributed by atoms with E-state index in [0.717, 1.165) is 12.8 Å². The van der Waals surface area contributed by atoms with Gasteiger partial charge in [-0.2, -0.15) is 0 Å². The maximum atomic E-state index is 13.3.